The van der Waals surface area contributed by atoms with Crippen molar-refractivity contribution < 1.29 is 9.59 Å². The minimum Gasteiger partial charge on any atom is -0.341 e. The van der Waals surface area contributed by atoms with Crippen LogP contribution in [-0.4, -0.2) is 42.6 Å². The van der Waals surface area contributed by atoms with Gasteiger partial charge in [0, 0.05) is 23.2 Å². The van der Waals surface area contributed by atoms with Crippen molar-refractivity contribution in [3.63, 3.8) is 0 Å². The molecule has 0 saturated carbocycles. The van der Waals surface area contributed by atoms with Gasteiger partial charge in [-0.05, 0) is 42.8 Å². The summed E-state index contributed by atoms with van der Waals surface area (Å²) in [4.78, 5) is 42.6. The SMILES string of the molecule is O=C(N[C@@H]1CCSC1=O)c1ccc(Nc2nn(-c3ccccn3)c(=O)[nH]2)cc1. The molecular formula is C18H16N6O3S. The van der Waals surface area contributed by atoms with Crippen LogP contribution in [0, 0.1) is 0 Å². The van der Waals surface area contributed by atoms with Crippen LogP contribution in [0.5, 0.6) is 0 Å². The number of nitrogens with one attached hydrogen (secondary N) is 3. The normalized spacial score (nSPS) is 16.1. The van der Waals surface area contributed by atoms with Gasteiger partial charge in [0.05, 0.1) is 6.04 Å². The molecule has 1 amide bonds. The molecule has 0 spiro atoms. The molecular weight excluding hydrogens is 380 g/mol. The van der Waals surface area contributed by atoms with Gasteiger partial charge in [-0.3, -0.25) is 14.6 Å². The lowest BCUT2D eigenvalue weighted by Crippen LogP contribution is -2.37. The van der Waals surface area contributed by atoms with E-state index in [2.05, 4.69) is 25.7 Å². The first kappa shape index (κ1) is 18.0. The topological polar surface area (TPSA) is 122 Å². The van der Waals surface area contributed by atoms with E-state index in [1.807, 2.05) is 0 Å². The van der Waals surface area contributed by atoms with Gasteiger partial charge in [0.2, 0.25) is 11.1 Å². The van der Waals surface area contributed by atoms with Crippen molar-refractivity contribution in [1.29, 1.82) is 0 Å². The highest BCUT2D eigenvalue weighted by molar-refractivity contribution is 8.14. The molecule has 0 radical (unpaired) electrons. The average Bonchev–Trinajstić information content (AvgIpc) is 3.28. The number of anilines is 2. The number of benzene rings is 1. The first-order valence-electron chi connectivity index (χ1n) is 8.55. The minimum absolute atomic E-state index is 0.000849. The van der Waals surface area contributed by atoms with Gasteiger partial charge in [0.15, 0.2) is 5.82 Å². The fourth-order valence-electron chi connectivity index (χ4n) is 2.73. The highest BCUT2D eigenvalue weighted by atomic mass is 32.2. The van der Waals surface area contributed by atoms with Crippen LogP contribution in [0.1, 0.15) is 16.8 Å². The summed E-state index contributed by atoms with van der Waals surface area (Å²) in [5, 5.41) is 9.88. The van der Waals surface area contributed by atoms with E-state index >= 15 is 0 Å². The van der Waals surface area contributed by atoms with Crippen molar-refractivity contribution >= 4 is 34.4 Å². The molecule has 142 valence electrons. The molecule has 1 fully saturated rings. The van der Waals surface area contributed by atoms with Crippen LogP contribution in [-0.2, 0) is 4.79 Å². The lowest BCUT2D eigenvalue weighted by molar-refractivity contribution is -0.112. The number of amides is 1. The van der Waals surface area contributed by atoms with Crippen LogP contribution in [0.3, 0.4) is 0 Å². The van der Waals surface area contributed by atoms with E-state index in [0.29, 0.717) is 23.5 Å². The number of nitrogens with zero attached hydrogens (tertiary/aromatic N) is 3. The van der Waals surface area contributed by atoms with Crippen LogP contribution in [0.25, 0.3) is 5.82 Å². The van der Waals surface area contributed by atoms with Crippen molar-refractivity contribution in [2.24, 2.45) is 0 Å². The Balaban J connectivity index is 1.44. The summed E-state index contributed by atoms with van der Waals surface area (Å²) < 4.78 is 1.15. The third-order valence-corrected chi connectivity index (χ3v) is 5.14. The van der Waals surface area contributed by atoms with E-state index in [1.165, 1.54) is 11.8 Å². The first-order valence-corrected chi connectivity index (χ1v) is 9.54. The number of rotatable bonds is 5. The molecule has 0 bridgehead atoms. The van der Waals surface area contributed by atoms with E-state index in [4.69, 9.17) is 0 Å². The van der Waals surface area contributed by atoms with E-state index in [9.17, 15) is 14.4 Å². The predicted molar refractivity (Wildman–Crippen MR) is 105 cm³/mol. The highest BCUT2D eigenvalue weighted by Gasteiger charge is 2.27. The third-order valence-electron chi connectivity index (χ3n) is 4.13. The fourth-order valence-corrected chi connectivity index (χ4v) is 3.66. The molecule has 2 aromatic heterocycles. The van der Waals surface area contributed by atoms with Crippen LogP contribution >= 0.6 is 11.8 Å². The van der Waals surface area contributed by atoms with Crippen molar-refractivity contribution in [2.75, 3.05) is 11.1 Å². The van der Waals surface area contributed by atoms with Crippen LogP contribution in [0.2, 0.25) is 0 Å². The number of aromatic amines is 1. The molecule has 1 aromatic carbocycles. The Hall–Kier alpha value is -3.40. The highest BCUT2D eigenvalue weighted by Crippen LogP contribution is 2.20. The zero-order chi connectivity index (χ0) is 19.5. The van der Waals surface area contributed by atoms with E-state index in [-0.39, 0.29) is 17.0 Å². The van der Waals surface area contributed by atoms with Crippen LogP contribution in [0.15, 0.2) is 53.5 Å². The second-order valence-electron chi connectivity index (χ2n) is 6.06. The van der Waals surface area contributed by atoms with Gasteiger partial charge < -0.3 is 10.6 Å². The van der Waals surface area contributed by atoms with Gasteiger partial charge in [-0.1, -0.05) is 17.8 Å². The number of H-pyrrole nitrogens is 1. The largest absolute Gasteiger partial charge is 0.350 e. The number of aromatic nitrogens is 4. The van der Waals surface area contributed by atoms with E-state index in [0.717, 1.165) is 10.4 Å². The molecule has 1 saturated heterocycles. The van der Waals surface area contributed by atoms with E-state index in [1.54, 1.807) is 48.7 Å². The van der Waals surface area contributed by atoms with Gasteiger partial charge in [0.1, 0.15) is 0 Å². The maximum atomic E-state index is 12.3. The van der Waals surface area contributed by atoms with Crippen molar-refractivity contribution in [3.05, 3.63) is 64.7 Å². The second kappa shape index (κ2) is 7.69. The molecule has 0 aliphatic carbocycles. The van der Waals surface area contributed by atoms with Gasteiger partial charge in [0.25, 0.3) is 5.91 Å². The smallest absolute Gasteiger partial charge is 0.341 e. The molecule has 4 rings (SSSR count). The quantitative estimate of drug-likeness (QED) is 0.597. The van der Waals surface area contributed by atoms with Gasteiger partial charge >= 0.3 is 5.69 Å². The Morgan fingerprint density at radius 3 is 2.68 bits per heavy atom. The Kier molecular flexibility index (Phi) is 4.94. The molecule has 0 unspecified atom stereocenters. The molecule has 1 aliphatic rings. The van der Waals surface area contributed by atoms with Crippen molar-refractivity contribution in [2.45, 2.75) is 12.5 Å². The molecule has 9 nitrogen and oxygen atoms in total. The lowest BCUT2D eigenvalue weighted by Gasteiger charge is -2.10. The maximum absolute atomic E-state index is 12.3. The third kappa shape index (κ3) is 3.81. The zero-order valence-corrected chi connectivity index (χ0v) is 15.4. The standard InChI is InChI=1S/C18H16N6O3S/c25-15(21-13-8-10-28-16(13)26)11-4-6-12(7-5-11)20-17-22-18(27)24(23-17)14-3-1-2-9-19-14/h1-7,9,13H,8,10H2,(H,21,25)(H2,20,22,23,27)/t13-/m1/s1. The molecule has 1 aliphatic heterocycles. The second-order valence-corrected chi connectivity index (χ2v) is 7.16. The maximum Gasteiger partial charge on any atom is 0.350 e. The molecule has 28 heavy (non-hydrogen) atoms. The summed E-state index contributed by atoms with van der Waals surface area (Å²) in [5.74, 6) is 1.10. The molecule has 1 atom stereocenters. The predicted octanol–water partition coefficient (Wildman–Crippen LogP) is 1.46. The summed E-state index contributed by atoms with van der Waals surface area (Å²) in [7, 11) is 0. The Bertz CT molecular complexity index is 1060. The summed E-state index contributed by atoms with van der Waals surface area (Å²) in [6, 6.07) is 11.4. The Labute approximate surface area is 163 Å². The van der Waals surface area contributed by atoms with Crippen LogP contribution < -0.4 is 16.3 Å². The fraction of sp³-hybridized carbons (Fsp3) is 0.167. The number of hydrogen-bond acceptors (Lipinski definition) is 7. The first-order chi connectivity index (χ1) is 13.6. The number of pyridine rings is 1. The average molecular weight is 396 g/mol. The minimum atomic E-state index is -0.420. The number of thioether (sulfide) groups is 1. The van der Waals surface area contributed by atoms with Crippen LogP contribution in [0.4, 0.5) is 11.6 Å². The summed E-state index contributed by atoms with van der Waals surface area (Å²) >= 11 is 1.24. The van der Waals surface area contributed by atoms with Gasteiger partial charge in [-0.15, -0.1) is 5.10 Å². The number of carbonyl (C=O) groups excluding carboxylic acids is 2. The van der Waals surface area contributed by atoms with Gasteiger partial charge in [-0.2, -0.15) is 4.68 Å². The van der Waals surface area contributed by atoms with E-state index < -0.39 is 11.7 Å². The molecule has 3 heterocycles. The Morgan fingerprint density at radius 1 is 1.18 bits per heavy atom. The zero-order valence-electron chi connectivity index (χ0n) is 14.6. The van der Waals surface area contributed by atoms with Crippen molar-refractivity contribution in [3.8, 4) is 5.82 Å². The van der Waals surface area contributed by atoms with Gasteiger partial charge in [-0.25, -0.2) is 9.78 Å². The lowest BCUT2D eigenvalue weighted by atomic mass is 10.1. The number of hydrogen-bond donors (Lipinski definition) is 3. The molecule has 3 N–H and O–H groups in total. The summed E-state index contributed by atoms with van der Waals surface area (Å²) in [6.07, 6.45) is 2.23. The Morgan fingerprint density at radius 2 is 2.00 bits per heavy atom. The number of carbonyl (C=O) groups is 2. The monoisotopic (exact) mass is 396 g/mol. The van der Waals surface area contributed by atoms with Crippen molar-refractivity contribution in [1.82, 2.24) is 25.1 Å². The summed E-state index contributed by atoms with van der Waals surface area (Å²) in [6.45, 7) is 0. The molecule has 10 heteroatoms. The molecule has 3 aromatic rings. The summed E-state index contributed by atoms with van der Waals surface area (Å²) in [5.41, 5.74) is 0.671.